The van der Waals surface area contributed by atoms with Crippen LogP contribution < -0.4 is 5.32 Å². The number of carboxylic acid groups (broad SMARTS) is 1. The molecule has 20 heavy (non-hydrogen) atoms. The van der Waals surface area contributed by atoms with Crippen LogP contribution in [0.1, 0.15) is 48.0 Å². The molecule has 0 aromatic heterocycles. The predicted octanol–water partition coefficient (Wildman–Crippen LogP) is 3.27. The van der Waals surface area contributed by atoms with Crippen LogP contribution in [0, 0.1) is 6.92 Å². The molecule has 1 saturated carbocycles. The van der Waals surface area contributed by atoms with E-state index in [1.165, 1.54) is 0 Å². The second kappa shape index (κ2) is 5.95. The van der Waals surface area contributed by atoms with E-state index in [1.807, 2.05) is 19.1 Å². The summed E-state index contributed by atoms with van der Waals surface area (Å²) in [6.45, 7) is 1.94. The third kappa shape index (κ3) is 3.03. The van der Waals surface area contributed by atoms with Crippen LogP contribution in [0.3, 0.4) is 0 Å². The first-order chi connectivity index (χ1) is 9.44. The summed E-state index contributed by atoms with van der Waals surface area (Å²) in [5.41, 5.74) is 0.403. The maximum Gasteiger partial charge on any atom is 0.329 e. The lowest BCUT2D eigenvalue weighted by Crippen LogP contribution is -2.55. The summed E-state index contributed by atoms with van der Waals surface area (Å²) in [5, 5.41) is 12.2. The molecule has 5 heteroatoms. The molecule has 0 saturated heterocycles. The van der Waals surface area contributed by atoms with Gasteiger partial charge in [-0.3, -0.25) is 4.79 Å². The van der Waals surface area contributed by atoms with Crippen LogP contribution in [0.15, 0.2) is 22.7 Å². The van der Waals surface area contributed by atoms with Crippen LogP contribution in [-0.4, -0.2) is 22.5 Å². The molecule has 2 rings (SSSR count). The van der Waals surface area contributed by atoms with Crippen LogP contribution in [0.25, 0.3) is 0 Å². The summed E-state index contributed by atoms with van der Waals surface area (Å²) < 4.78 is 0.686. The van der Waals surface area contributed by atoms with E-state index < -0.39 is 11.5 Å². The molecule has 0 spiro atoms. The minimum absolute atomic E-state index is 0.332. The first-order valence-corrected chi connectivity index (χ1v) is 7.56. The Hall–Kier alpha value is -1.36. The summed E-state index contributed by atoms with van der Waals surface area (Å²) in [7, 11) is 0. The molecule has 108 valence electrons. The molecule has 0 unspecified atom stereocenters. The summed E-state index contributed by atoms with van der Waals surface area (Å²) in [6.07, 6.45) is 3.69. The van der Waals surface area contributed by atoms with Gasteiger partial charge in [0.1, 0.15) is 5.54 Å². The van der Waals surface area contributed by atoms with Crippen molar-refractivity contribution in [2.75, 3.05) is 0 Å². The quantitative estimate of drug-likeness (QED) is 0.887. The van der Waals surface area contributed by atoms with E-state index in [-0.39, 0.29) is 5.91 Å². The molecule has 1 aliphatic carbocycles. The van der Waals surface area contributed by atoms with E-state index in [0.29, 0.717) is 22.9 Å². The van der Waals surface area contributed by atoms with Gasteiger partial charge in [0, 0.05) is 4.47 Å². The Balaban J connectivity index is 2.22. The zero-order chi connectivity index (χ0) is 14.8. The SMILES string of the molecule is Cc1ccc(C(=O)NC2(C(=O)O)CCCCC2)c(Br)c1. The average Bonchev–Trinajstić information content (AvgIpc) is 2.39. The van der Waals surface area contributed by atoms with Gasteiger partial charge < -0.3 is 10.4 Å². The predicted molar refractivity (Wildman–Crippen MR) is 79.8 cm³/mol. The Morgan fingerprint density at radius 2 is 1.90 bits per heavy atom. The maximum atomic E-state index is 12.4. The summed E-state index contributed by atoms with van der Waals surface area (Å²) in [5.74, 6) is -1.27. The number of carbonyl (C=O) groups is 2. The molecule has 0 bridgehead atoms. The minimum Gasteiger partial charge on any atom is -0.480 e. The average molecular weight is 340 g/mol. The highest BCUT2D eigenvalue weighted by atomic mass is 79.9. The second-order valence-electron chi connectivity index (χ2n) is 5.39. The van der Waals surface area contributed by atoms with Crippen molar-refractivity contribution in [3.05, 3.63) is 33.8 Å². The molecule has 0 radical (unpaired) electrons. The molecule has 0 heterocycles. The van der Waals surface area contributed by atoms with Gasteiger partial charge in [-0.2, -0.15) is 0 Å². The highest BCUT2D eigenvalue weighted by Crippen LogP contribution is 2.29. The van der Waals surface area contributed by atoms with Gasteiger partial charge in [-0.15, -0.1) is 0 Å². The van der Waals surface area contributed by atoms with Crippen LogP contribution in [0.2, 0.25) is 0 Å². The molecular formula is C15H18BrNO3. The zero-order valence-corrected chi connectivity index (χ0v) is 13.0. The van der Waals surface area contributed by atoms with Crippen molar-refractivity contribution < 1.29 is 14.7 Å². The Kier molecular flexibility index (Phi) is 4.48. The van der Waals surface area contributed by atoms with E-state index in [0.717, 1.165) is 24.8 Å². The number of aliphatic carboxylic acids is 1. The monoisotopic (exact) mass is 339 g/mol. The topological polar surface area (TPSA) is 66.4 Å². The van der Waals surface area contributed by atoms with E-state index >= 15 is 0 Å². The number of hydrogen-bond acceptors (Lipinski definition) is 2. The number of rotatable bonds is 3. The van der Waals surface area contributed by atoms with E-state index in [2.05, 4.69) is 21.2 Å². The Morgan fingerprint density at radius 1 is 1.25 bits per heavy atom. The molecule has 4 nitrogen and oxygen atoms in total. The molecule has 0 atom stereocenters. The molecular weight excluding hydrogens is 322 g/mol. The highest BCUT2D eigenvalue weighted by Gasteiger charge is 2.41. The standard InChI is InChI=1S/C15H18BrNO3/c1-10-5-6-11(12(16)9-10)13(18)17-15(14(19)20)7-3-2-4-8-15/h5-6,9H,2-4,7-8H2,1H3,(H,17,18)(H,19,20). The maximum absolute atomic E-state index is 12.4. The number of carbonyl (C=O) groups excluding carboxylic acids is 1. The molecule has 0 aliphatic heterocycles. The van der Waals surface area contributed by atoms with Crippen molar-refractivity contribution in [3.8, 4) is 0 Å². The van der Waals surface area contributed by atoms with Gasteiger partial charge in [0.2, 0.25) is 0 Å². The Morgan fingerprint density at radius 3 is 2.45 bits per heavy atom. The van der Waals surface area contributed by atoms with Crippen LogP contribution in [-0.2, 0) is 4.79 Å². The molecule has 1 aliphatic rings. The first kappa shape index (κ1) is 15.0. The van der Waals surface area contributed by atoms with Crippen molar-refractivity contribution in [3.63, 3.8) is 0 Å². The second-order valence-corrected chi connectivity index (χ2v) is 6.24. The summed E-state index contributed by atoms with van der Waals surface area (Å²) in [4.78, 5) is 23.9. The summed E-state index contributed by atoms with van der Waals surface area (Å²) in [6, 6.07) is 5.41. The molecule has 1 aromatic carbocycles. The third-order valence-corrected chi connectivity index (χ3v) is 4.49. The fourth-order valence-corrected chi connectivity index (χ4v) is 3.31. The molecule has 1 amide bonds. The summed E-state index contributed by atoms with van der Waals surface area (Å²) >= 11 is 3.36. The molecule has 1 fully saturated rings. The number of carboxylic acids is 1. The van der Waals surface area contributed by atoms with E-state index in [9.17, 15) is 14.7 Å². The Labute approximate surface area is 126 Å². The van der Waals surface area contributed by atoms with Gasteiger partial charge in [-0.25, -0.2) is 4.79 Å². The molecule has 2 N–H and O–H groups in total. The first-order valence-electron chi connectivity index (χ1n) is 6.77. The van der Waals surface area contributed by atoms with Gasteiger partial charge in [-0.1, -0.05) is 25.3 Å². The van der Waals surface area contributed by atoms with Crippen LogP contribution >= 0.6 is 15.9 Å². The van der Waals surface area contributed by atoms with Gasteiger partial charge in [0.25, 0.3) is 5.91 Å². The lowest BCUT2D eigenvalue weighted by atomic mass is 9.81. The van der Waals surface area contributed by atoms with Gasteiger partial charge in [0.05, 0.1) is 5.56 Å². The number of hydrogen-bond donors (Lipinski definition) is 2. The van der Waals surface area contributed by atoms with Crippen molar-refractivity contribution >= 4 is 27.8 Å². The Bertz CT molecular complexity index is 536. The number of nitrogens with one attached hydrogen (secondary N) is 1. The van der Waals surface area contributed by atoms with Crippen molar-refractivity contribution in [1.82, 2.24) is 5.32 Å². The number of halogens is 1. The minimum atomic E-state index is -1.11. The van der Waals surface area contributed by atoms with E-state index in [1.54, 1.807) is 6.07 Å². The zero-order valence-electron chi connectivity index (χ0n) is 11.4. The van der Waals surface area contributed by atoms with Crippen molar-refractivity contribution in [2.45, 2.75) is 44.6 Å². The highest BCUT2D eigenvalue weighted by molar-refractivity contribution is 9.10. The van der Waals surface area contributed by atoms with Crippen LogP contribution in [0.5, 0.6) is 0 Å². The fraction of sp³-hybridized carbons (Fsp3) is 0.467. The largest absolute Gasteiger partial charge is 0.480 e. The van der Waals surface area contributed by atoms with Gasteiger partial charge in [-0.05, 0) is 53.4 Å². The van der Waals surface area contributed by atoms with Crippen LogP contribution in [0.4, 0.5) is 0 Å². The number of benzene rings is 1. The lowest BCUT2D eigenvalue weighted by Gasteiger charge is -2.34. The van der Waals surface area contributed by atoms with Crippen molar-refractivity contribution in [1.29, 1.82) is 0 Å². The van der Waals surface area contributed by atoms with Gasteiger partial charge >= 0.3 is 5.97 Å². The smallest absolute Gasteiger partial charge is 0.329 e. The normalized spacial score (nSPS) is 17.5. The number of aryl methyl sites for hydroxylation is 1. The lowest BCUT2D eigenvalue weighted by molar-refractivity contribution is -0.145. The van der Waals surface area contributed by atoms with Gasteiger partial charge in [0.15, 0.2) is 0 Å². The molecule has 1 aromatic rings. The fourth-order valence-electron chi connectivity index (χ4n) is 2.64. The number of amides is 1. The van der Waals surface area contributed by atoms with E-state index in [4.69, 9.17) is 0 Å². The third-order valence-electron chi connectivity index (χ3n) is 3.84. The van der Waals surface area contributed by atoms with Crippen molar-refractivity contribution in [2.24, 2.45) is 0 Å².